The van der Waals surface area contributed by atoms with E-state index in [4.69, 9.17) is 4.74 Å². The summed E-state index contributed by atoms with van der Waals surface area (Å²) in [6.07, 6.45) is 1.78. The quantitative estimate of drug-likeness (QED) is 0.842. The third-order valence-electron chi connectivity index (χ3n) is 4.14. The van der Waals surface area contributed by atoms with Gasteiger partial charge in [0.15, 0.2) is 0 Å². The minimum absolute atomic E-state index is 0.0869. The number of ether oxygens (including phenoxy) is 1. The first-order chi connectivity index (χ1) is 9.54. The number of carbonyl (C=O) groups is 1. The van der Waals surface area contributed by atoms with Crippen molar-refractivity contribution >= 4 is 17.2 Å². The maximum absolute atomic E-state index is 12.0. The Balaban J connectivity index is 1.64. The molecule has 0 spiro atoms. The summed E-state index contributed by atoms with van der Waals surface area (Å²) in [7, 11) is 3.57. The van der Waals surface area contributed by atoms with Gasteiger partial charge < -0.3 is 9.64 Å². The molecule has 0 aliphatic carbocycles. The summed E-state index contributed by atoms with van der Waals surface area (Å²) in [6, 6.07) is 0.367. The highest BCUT2D eigenvalue weighted by Crippen LogP contribution is 2.34. The van der Waals surface area contributed by atoms with Crippen molar-refractivity contribution in [3.8, 4) is 0 Å². The summed E-state index contributed by atoms with van der Waals surface area (Å²) >= 11 is 1.69. The lowest BCUT2D eigenvalue weighted by molar-refractivity contribution is -0.140. The third-order valence-corrected chi connectivity index (χ3v) is 4.96. The van der Waals surface area contributed by atoms with E-state index < -0.39 is 0 Å². The van der Waals surface area contributed by atoms with Gasteiger partial charge in [0.2, 0.25) is 0 Å². The van der Waals surface area contributed by atoms with E-state index in [9.17, 15) is 4.79 Å². The van der Waals surface area contributed by atoms with Gasteiger partial charge in [-0.2, -0.15) is 0 Å². The molecule has 0 saturated carbocycles. The van der Waals surface area contributed by atoms with Crippen LogP contribution < -0.4 is 0 Å². The van der Waals surface area contributed by atoms with Gasteiger partial charge in [0.05, 0.1) is 16.8 Å². The Morgan fingerprint density at radius 2 is 2.40 bits per heavy atom. The topological polar surface area (TPSA) is 45.7 Å². The average molecular weight is 295 g/mol. The molecule has 3 heterocycles. The molecule has 0 aromatic carbocycles. The van der Waals surface area contributed by atoms with E-state index >= 15 is 0 Å². The van der Waals surface area contributed by atoms with Gasteiger partial charge in [-0.1, -0.05) is 0 Å². The molecule has 3 atom stereocenters. The molecule has 110 valence electrons. The Labute approximate surface area is 123 Å². The van der Waals surface area contributed by atoms with Crippen molar-refractivity contribution in [3.63, 3.8) is 0 Å². The average Bonchev–Trinajstić information content (AvgIpc) is 3.06. The van der Waals surface area contributed by atoms with Gasteiger partial charge >= 0.3 is 0 Å². The van der Waals surface area contributed by atoms with Crippen LogP contribution in [0, 0.1) is 6.92 Å². The number of aromatic nitrogens is 1. The number of hydrogen-bond acceptors (Lipinski definition) is 5. The van der Waals surface area contributed by atoms with E-state index in [2.05, 4.69) is 15.3 Å². The van der Waals surface area contributed by atoms with Crippen molar-refractivity contribution < 1.29 is 9.53 Å². The van der Waals surface area contributed by atoms with Crippen LogP contribution in [0.2, 0.25) is 0 Å². The zero-order valence-electron chi connectivity index (χ0n) is 12.2. The lowest BCUT2D eigenvalue weighted by Crippen LogP contribution is -2.35. The van der Waals surface area contributed by atoms with Gasteiger partial charge in [0, 0.05) is 45.0 Å². The summed E-state index contributed by atoms with van der Waals surface area (Å²) in [4.78, 5) is 20.6. The summed E-state index contributed by atoms with van der Waals surface area (Å²) in [5, 5.41) is 3.24. The van der Waals surface area contributed by atoms with E-state index in [1.165, 1.54) is 0 Å². The van der Waals surface area contributed by atoms with E-state index in [0.29, 0.717) is 6.04 Å². The molecule has 0 N–H and O–H groups in total. The number of thiazole rings is 1. The Hall–Kier alpha value is -0.980. The molecule has 5 nitrogen and oxygen atoms in total. The molecular weight excluding hydrogens is 274 g/mol. The lowest BCUT2D eigenvalue weighted by atomic mass is 10.1. The van der Waals surface area contributed by atoms with Gasteiger partial charge in [-0.3, -0.25) is 9.69 Å². The van der Waals surface area contributed by atoms with Gasteiger partial charge in [-0.25, -0.2) is 4.98 Å². The Kier molecular flexibility index (Phi) is 3.79. The molecule has 2 saturated heterocycles. The second-order valence-corrected chi connectivity index (χ2v) is 6.88. The van der Waals surface area contributed by atoms with Crippen LogP contribution >= 0.6 is 11.3 Å². The predicted octanol–water partition coefficient (Wildman–Crippen LogP) is 1.27. The van der Waals surface area contributed by atoms with Crippen LogP contribution in [0.5, 0.6) is 0 Å². The lowest BCUT2D eigenvalue weighted by Gasteiger charge is -2.22. The molecule has 1 amide bonds. The first-order valence-electron chi connectivity index (χ1n) is 7.06. The van der Waals surface area contributed by atoms with E-state index in [1.807, 2.05) is 6.92 Å². The van der Waals surface area contributed by atoms with Gasteiger partial charge in [-0.15, -0.1) is 11.3 Å². The number of hydrogen-bond donors (Lipinski definition) is 0. The number of fused-ring (bicyclic) bond motifs is 1. The van der Waals surface area contributed by atoms with Crippen LogP contribution in [-0.2, 0) is 16.1 Å². The van der Waals surface area contributed by atoms with Crippen molar-refractivity contribution in [2.75, 3.05) is 20.6 Å². The monoisotopic (exact) mass is 295 g/mol. The van der Waals surface area contributed by atoms with Crippen molar-refractivity contribution in [1.29, 1.82) is 0 Å². The summed E-state index contributed by atoms with van der Waals surface area (Å²) in [6.45, 7) is 3.94. The Bertz CT molecular complexity index is 502. The van der Waals surface area contributed by atoms with Gasteiger partial charge in [-0.05, 0) is 13.3 Å². The minimum atomic E-state index is -0.264. The van der Waals surface area contributed by atoms with Crippen LogP contribution in [0.25, 0.3) is 0 Å². The second-order valence-electron chi connectivity index (χ2n) is 5.82. The van der Waals surface area contributed by atoms with Gasteiger partial charge in [0.25, 0.3) is 5.91 Å². The number of carbonyl (C=O) groups excluding carboxylic acids is 1. The molecule has 3 rings (SSSR count). The smallest absolute Gasteiger partial charge is 0.251 e. The van der Waals surface area contributed by atoms with Crippen molar-refractivity contribution in [2.24, 2.45) is 0 Å². The Morgan fingerprint density at radius 3 is 3.05 bits per heavy atom. The number of likely N-dealkylation sites (tertiary alicyclic amines) is 1. The highest BCUT2D eigenvalue weighted by molar-refractivity contribution is 7.09. The SMILES string of the molecule is Cc1nc(CN2CC[C@@H]3O[C@@H](C(=O)N(C)C)C[C@@H]32)cs1. The first kappa shape index (κ1) is 14.0. The number of rotatable bonds is 3. The number of likely N-dealkylation sites (N-methyl/N-ethyl adjacent to an activating group) is 1. The molecule has 0 radical (unpaired) electrons. The number of aryl methyl sites for hydroxylation is 1. The predicted molar refractivity (Wildman–Crippen MR) is 77.6 cm³/mol. The Morgan fingerprint density at radius 1 is 1.60 bits per heavy atom. The standard InChI is InChI=1S/C14H21N3O2S/c1-9-15-10(8-20-9)7-17-5-4-12-11(17)6-13(19-12)14(18)16(2)3/h8,11-13H,4-7H2,1-3H3/t11-,12-,13+/m0/s1. The minimum Gasteiger partial charge on any atom is -0.363 e. The maximum Gasteiger partial charge on any atom is 0.251 e. The number of amides is 1. The fraction of sp³-hybridized carbons (Fsp3) is 0.714. The molecule has 2 fully saturated rings. The molecule has 2 aliphatic rings. The zero-order valence-corrected chi connectivity index (χ0v) is 13.0. The van der Waals surface area contributed by atoms with E-state index in [-0.39, 0.29) is 18.1 Å². The van der Waals surface area contributed by atoms with Gasteiger partial charge in [0.1, 0.15) is 6.10 Å². The van der Waals surface area contributed by atoms with Crippen LogP contribution in [0.3, 0.4) is 0 Å². The van der Waals surface area contributed by atoms with Crippen LogP contribution in [0.15, 0.2) is 5.38 Å². The van der Waals surface area contributed by atoms with Crippen LogP contribution in [-0.4, -0.2) is 59.6 Å². The molecule has 6 heteroatoms. The fourth-order valence-electron chi connectivity index (χ4n) is 3.16. The molecule has 2 aliphatic heterocycles. The van der Waals surface area contributed by atoms with Crippen LogP contribution in [0.1, 0.15) is 23.5 Å². The summed E-state index contributed by atoms with van der Waals surface area (Å²) in [5.41, 5.74) is 1.13. The maximum atomic E-state index is 12.0. The van der Waals surface area contributed by atoms with Crippen LogP contribution in [0.4, 0.5) is 0 Å². The second kappa shape index (κ2) is 5.42. The molecular formula is C14H21N3O2S. The molecule has 0 bridgehead atoms. The molecule has 20 heavy (non-hydrogen) atoms. The summed E-state index contributed by atoms with van der Waals surface area (Å²) in [5.74, 6) is 0.0869. The highest BCUT2D eigenvalue weighted by Gasteiger charge is 2.45. The number of nitrogens with zero attached hydrogens (tertiary/aromatic N) is 3. The zero-order chi connectivity index (χ0) is 14.3. The largest absolute Gasteiger partial charge is 0.363 e. The van der Waals surface area contributed by atoms with Crippen molar-refractivity contribution in [3.05, 3.63) is 16.1 Å². The normalized spacial score (nSPS) is 29.6. The summed E-state index contributed by atoms with van der Waals surface area (Å²) < 4.78 is 5.93. The molecule has 1 aromatic rings. The van der Waals surface area contributed by atoms with Crippen molar-refractivity contribution in [2.45, 2.75) is 44.6 Å². The van der Waals surface area contributed by atoms with Crippen molar-refractivity contribution in [1.82, 2.24) is 14.8 Å². The highest BCUT2D eigenvalue weighted by atomic mass is 32.1. The molecule has 1 aromatic heterocycles. The van der Waals surface area contributed by atoms with E-state index in [0.717, 1.165) is 36.6 Å². The molecule has 0 unspecified atom stereocenters. The first-order valence-corrected chi connectivity index (χ1v) is 7.94. The van der Waals surface area contributed by atoms with E-state index in [1.54, 1.807) is 30.3 Å². The third kappa shape index (κ3) is 2.60. The fourth-order valence-corrected chi connectivity index (χ4v) is 3.77.